The molecule has 3 rings (SSSR count). The number of Topliss-reactive ketones (excluding diaryl/α,β-unsaturated/α-hetero) is 1. The van der Waals surface area contributed by atoms with Gasteiger partial charge in [0.15, 0.2) is 0 Å². The van der Waals surface area contributed by atoms with E-state index in [4.69, 9.17) is 0 Å². The summed E-state index contributed by atoms with van der Waals surface area (Å²) >= 11 is 0. The lowest BCUT2D eigenvalue weighted by atomic mass is 9.42. The summed E-state index contributed by atoms with van der Waals surface area (Å²) in [6, 6.07) is 10.1. The van der Waals surface area contributed by atoms with Crippen molar-refractivity contribution >= 4 is 11.4 Å². The molecule has 0 aromatic heterocycles. The minimum Gasteiger partial charge on any atom is -0.298 e. The number of hydrogen-bond donors (Lipinski definition) is 0. The largest absolute Gasteiger partial charge is 0.298 e. The summed E-state index contributed by atoms with van der Waals surface area (Å²) < 4.78 is 0. The minimum atomic E-state index is -0.448. The molecular weight excluding hydrogens is 232 g/mol. The van der Waals surface area contributed by atoms with Gasteiger partial charge in [0, 0.05) is 6.42 Å². The Balaban J connectivity index is 2.12. The molecule has 98 valence electrons. The monoisotopic (exact) mass is 252 g/mol. The molecule has 2 aliphatic rings. The van der Waals surface area contributed by atoms with Gasteiger partial charge in [-0.2, -0.15) is 0 Å². The first-order valence-corrected chi connectivity index (χ1v) is 6.96. The highest BCUT2D eigenvalue weighted by Crippen LogP contribution is 2.65. The van der Waals surface area contributed by atoms with Crippen molar-refractivity contribution in [2.75, 3.05) is 0 Å². The third kappa shape index (κ3) is 1.51. The third-order valence-electron chi connectivity index (χ3n) is 5.07. The van der Waals surface area contributed by atoms with Crippen LogP contribution in [-0.2, 0) is 4.79 Å². The lowest BCUT2D eigenvalue weighted by molar-refractivity contribution is -0.146. The van der Waals surface area contributed by atoms with Crippen LogP contribution >= 0.6 is 0 Å². The maximum absolute atomic E-state index is 12.4. The molecule has 19 heavy (non-hydrogen) atoms. The van der Waals surface area contributed by atoms with E-state index in [0.29, 0.717) is 12.2 Å². The van der Waals surface area contributed by atoms with Gasteiger partial charge in [-0.3, -0.25) is 4.79 Å². The lowest BCUT2D eigenvalue weighted by Crippen LogP contribution is -2.58. The number of rotatable bonds is 2. The Bertz CT molecular complexity index is 581. The molecule has 1 nitrogen and oxygen atoms in total. The Labute approximate surface area is 115 Å². The fourth-order valence-corrected chi connectivity index (χ4v) is 3.80. The average Bonchev–Trinajstić information content (AvgIpc) is 2.41. The molecule has 1 fully saturated rings. The molecule has 0 N–H and O–H groups in total. The van der Waals surface area contributed by atoms with Crippen LogP contribution in [0, 0.1) is 10.8 Å². The Morgan fingerprint density at radius 1 is 1.26 bits per heavy atom. The third-order valence-corrected chi connectivity index (χ3v) is 5.07. The predicted molar refractivity (Wildman–Crippen MR) is 78.6 cm³/mol. The van der Waals surface area contributed by atoms with Crippen LogP contribution in [0.5, 0.6) is 0 Å². The molecule has 0 heterocycles. The molecule has 1 aromatic carbocycles. The van der Waals surface area contributed by atoms with E-state index in [0.717, 1.165) is 24.0 Å². The number of ketones is 1. The van der Waals surface area contributed by atoms with E-state index in [2.05, 4.69) is 38.6 Å². The highest BCUT2D eigenvalue weighted by Gasteiger charge is 2.63. The van der Waals surface area contributed by atoms with Crippen molar-refractivity contribution in [2.24, 2.45) is 10.8 Å². The molecule has 1 aromatic rings. The summed E-state index contributed by atoms with van der Waals surface area (Å²) in [6.07, 6.45) is 5.08. The molecule has 0 aliphatic heterocycles. The zero-order valence-electron chi connectivity index (χ0n) is 11.7. The second-order valence-corrected chi connectivity index (χ2v) is 6.30. The average molecular weight is 252 g/mol. The van der Waals surface area contributed by atoms with Crippen molar-refractivity contribution < 1.29 is 4.79 Å². The lowest BCUT2D eigenvalue weighted by Gasteiger charge is -2.58. The first-order valence-electron chi connectivity index (χ1n) is 6.96. The van der Waals surface area contributed by atoms with Gasteiger partial charge in [-0.05, 0) is 36.3 Å². The molecule has 2 aliphatic carbocycles. The van der Waals surface area contributed by atoms with Gasteiger partial charge in [-0.15, -0.1) is 0 Å². The summed E-state index contributed by atoms with van der Waals surface area (Å²) in [5.74, 6) is 0.336. The maximum Gasteiger partial charge on any atom is 0.148 e. The summed E-state index contributed by atoms with van der Waals surface area (Å²) in [7, 11) is 0. The van der Waals surface area contributed by atoms with Gasteiger partial charge in [-0.1, -0.05) is 55.5 Å². The van der Waals surface area contributed by atoms with Crippen LogP contribution in [0.4, 0.5) is 0 Å². The molecule has 1 heteroatoms. The smallest absolute Gasteiger partial charge is 0.148 e. The number of allylic oxidation sites excluding steroid dienone is 3. The zero-order valence-corrected chi connectivity index (χ0v) is 11.7. The number of hydrogen-bond acceptors (Lipinski definition) is 1. The summed E-state index contributed by atoms with van der Waals surface area (Å²) in [5, 5.41) is 0. The SMILES string of the molecule is C=C(c1ccccc1)C12C=C(C)CCC1(C)CC2=O. The van der Waals surface area contributed by atoms with Crippen LogP contribution < -0.4 is 0 Å². The molecule has 0 amide bonds. The molecule has 0 radical (unpaired) electrons. The van der Waals surface area contributed by atoms with Crippen molar-refractivity contribution in [3.8, 4) is 0 Å². The zero-order chi connectivity index (χ0) is 13.7. The van der Waals surface area contributed by atoms with E-state index in [1.54, 1.807) is 0 Å². The van der Waals surface area contributed by atoms with E-state index < -0.39 is 5.41 Å². The van der Waals surface area contributed by atoms with Crippen LogP contribution in [0.1, 0.15) is 38.7 Å². The van der Waals surface area contributed by atoms with Crippen molar-refractivity contribution in [1.29, 1.82) is 0 Å². The van der Waals surface area contributed by atoms with Gasteiger partial charge in [0.05, 0.1) is 5.41 Å². The second kappa shape index (κ2) is 3.93. The fourth-order valence-electron chi connectivity index (χ4n) is 3.80. The van der Waals surface area contributed by atoms with Crippen molar-refractivity contribution in [2.45, 2.75) is 33.1 Å². The first kappa shape index (κ1) is 12.4. The number of benzene rings is 1. The first-order chi connectivity index (χ1) is 8.99. The van der Waals surface area contributed by atoms with Gasteiger partial charge < -0.3 is 0 Å². The molecule has 0 bridgehead atoms. The Morgan fingerprint density at radius 3 is 2.58 bits per heavy atom. The van der Waals surface area contributed by atoms with Crippen LogP contribution in [0.2, 0.25) is 0 Å². The van der Waals surface area contributed by atoms with Crippen LogP contribution in [0.25, 0.3) is 5.57 Å². The molecule has 2 unspecified atom stereocenters. The Morgan fingerprint density at radius 2 is 1.95 bits per heavy atom. The minimum absolute atomic E-state index is 0.0660. The van der Waals surface area contributed by atoms with Crippen molar-refractivity contribution in [1.82, 2.24) is 0 Å². The number of carbonyl (C=O) groups is 1. The highest BCUT2D eigenvalue weighted by atomic mass is 16.1. The normalized spacial score (nSPS) is 33.2. The standard InChI is InChI=1S/C18H20O/c1-13-9-10-17(3)12-16(19)18(17,11-13)14(2)15-7-5-4-6-8-15/h4-8,11H,2,9-10,12H2,1,3H3. The van der Waals surface area contributed by atoms with Crippen molar-refractivity contribution in [3.63, 3.8) is 0 Å². The summed E-state index contributed by atoms with van der Waals surface area (Å²) in [5.41, 5.74) is 3.01. The molecule has 2 atom stereocenters. The quantitative estimate of drug-likeness (QED) is 0.713. The van der Waals surface area contributed by atoms with E-state index >= 15 is 0 Å². The number of fused-ring (bicyclic) bond motifs is 1. The molecular formula is C18H20O. The topological polar surface area (TPSA) is 17.1 Å². The van der Waals surface area contributed by atoms with Gasteiger partial charge in [0.25, 0.3) is 0 Å². The van der Waals surface area contributed by atoms with E-state index in [1.807, 2.05) is 18.2 Å². The fraction of sp³-hybridized carbons (Fsp3) is 0.389. The predicted octanol–water partition coefficient (Wildman–Crippen LogP) is 4.41. The van der Waals surface area contributed by atoms with Gasteiger partial charge in [0.2, 0.25) is 0 Å². The van der Waals surface area contributed by atoms with Gasteiger partial charge in [-0.25, -0.2) is 0 Å². The maximum atomic E-state index is 12.4. The molecule has 1 saturated carbocycles. The highest BCUT2D eigenvalue weighted by molar-refractivity contribution is 6.06. The Kier molecular flexibility index (Phi) is 2.57. The van der Waals surface area contributed by atoms with Crippen LogP contribution in [0.3, 0.4) is 0 Å². The van der Waals surface area contributed by atoms with E-state index in [-0.39, 0.29) is 5.41 Å². The van der Waals surface area contributed by atoms with Crippen LogP contribution in [0.15, 0.2) is 48.6 Å². The van der Waals surface area contributed by atoms with E-state index in [1.165, 1.54) is 5.57 Å². The summed E-state index contributed by atoms with van der Waals surface area (Å²) in [6.45, 7) is 8.66. The second-order valence-electron chi connectivity index (χ2n) is 6.30. The van der Waals surface area contributed by atoms with Gasteiger partial charge >= 0.3 is 0 Å². The van der Waals surface area contributed by atoms with E-state index in [9.17, 15) is 4.79 Å². The van der Waals surface area contributed by atoms with Crippen molar-refractivity contribution in [3.05, 3.63) is 54.1 Å². The van der Waals surface area contributed by atoms with Gasteiger partial charge in [0.1, 0.15) is 5.78 Å². The van der Waals surface area contributed by atoms with Crippen LogP contribution in [-0.4, -0.2) is 5.78 Å². The summed E-state index contributed by atoms with van der Waals surface area (Å²) in [4.78, 5) is 12.4. The molecule has 0 saturated heterocycles. The molecule has 0 spiro atoms. The number of carbonyl (C=O) groups excluding carboxylic acids is 1. The Hall–Kier alpha value is -1.63.